The number of hydrogen-bond donors (Lipinski definition) is 1. The quantitative estimate of drug-likeness (QED) is 0.829. The van der Waals surface area contributed by atoms with Crippen LogP contribution in [0.5, 0.6) is 5.75 Å². The molecule has 2 heterocycles. The average molecular weight is 399 g/mol. The van der Waals surface area contributed by atoms with E-state index >= 15 is 0 Å². The molecule has 4 rings (SSSR count). The molecule has 2 atom stereocenters. The lowest BCUT2D eigenvalue weighted by Gasteiger charge is -2.51. The monoisotopic (exact) mass is 399 g/mol. The maximum atomic E-state index is 13.8. The van der Waals surface area contributed by atoms with Crippen LogP contribution in [0.25, 0.3) is 0 Å². The number of aliphatic hydroxyl groups is 1. The highest BCUT2D eigenvalue weighted by Gasteiger charge is 2.48. The number of amides is 1. The number of rotatable bonds is 4. The number of ether oxygens (including phenoxy) is 2. The van der Waals surface area contributed by atoms with Crippen molar-refractivity contribution in [1.82, 2.24) is 4.90 Å². The second-order valence-electron chi connectivity index (χ2n) is 7.98. The van der Waals surface area contributed by atoms with Crippen LogP contribution in [0.3, 0.4) is 0 Å². The number of halogens is 1. The van der Waals surface area contributed by atoms with Crippen LogP contribution in [0, 0.1) is 5.82 Å². The standard InChI is InChI=1S/C23H26FNO4/c1-28-21-12-17(10-11-20(21)24)23(27)13-18-8-5-9-19(14-23)25(18)22(26)29-15-16-6-3-2-4-7-16/h2-4,6-7,10-12,18-19,27H,5,8-9,13-15H2,1H3. The molecule has 0 saturated carbocycles. The highest BCUT2D eigenvalue weighted by Crippen LogP contribution is 2.45. The van der Waals surface area contributed by atoms with Gasteiger partial charge in [0.05, 0.1) is 12.7 Å². The van der Waals surface area contributed by atoms with E-state index in [9.17, 15) is 14.3 Å². The van der Waals surface area contributed by atoms with E-state index in [2.05, 4.69) is 0 Å². The number of fused-ring (bicyclic) bond motifs is 2. The van der Waals surface area contributed by atoms with Crippen LogP contribution >= 0.6 is 0 Å². The summed E-state index contributed by atoms with van der Waals surface area (Å²) >= 11 is 0. The molecule has 0 spiro atoms. The van der Waals surface area contributed by atoms with Gasteiger partial charge in [0, 0.05) is 24.9 Å². The van der Waals surface area contributed by atoms with Crippen LogP contribution < -0.4 is 4.74 Å². The largest absolute Gasteiger partial charge is 0.494 e. The van der Waals surface area contributed by atoms with Gasteiger partial charge in [-0.1, -0.05) is 36.4 Å². The van der Waals surface area contributed by atoms with Gasteiger partial charge in [-0.3, -0.25) is 0 Å². The maximum Gasteiger partial charge on any atom is 0.410 e. The number of methoxy groups -OCH3 is 1. The predicted molar refractivity (Wildman–Crippen MR) is 106 cm³/mol. The van der Waals surface area contributed by atoms with Crippen LogP contribution in [0.1, 0.15) is 43.2 Å². The molecule has 154 valence electrons. The van der Waals surface area contributed by atoms with Crippen molar-refractivity contribution in [2.24, 2.45) is 0 Å². The predicted octanol–water partition coefficient (Wildman–Crippen LogP) is 4.38. The van der Waals surface area contributed by atoms with Crippen molar-refractivity contribution in [3.05, 3.63) is 65.5 Å². The smallest absolute Gasteiger partial charge is 0.410 e. The van der Waals surface area contributed by atoms with Gasteiger partial charge >= 0.3 is 6.09 Å². The molecule has 2 aliphatic rings. The minimum absolute atomic E-state index is 0.105. The first-order chi connectivity index (χ1) is 14.0. The lowest BCUT2D eigenvalue weighted by Crippen LogP contribution is -2.58. The second kappa shape index (κ2) is 8.03. The van der Waals surface area contributed by atoms with E-state index in [1.54, 1.807) is 12.1 Å². The molecule has 1 N–H and O–H groups in total. The SMILES string of the molecule is COc1cc(C2(O)CC3CCCC(C2)N3C(=O)OCc2ccccc2)ccc1F. The summed E-state index contributed by atoms with van der Waals surface area (Å²) in [5.41, 5.74) is 0.454. The molecule has 1 amide bonds. The Morgan fingerprint density at radius 2 is 1.86 bits per heavy atom. The molecule has 0 aliphatic carbocycles. The normalized spacial score (nSPS) is 26.1. The highest BCUT2D eigenvalue weighted by molar-refractivity contribution is 5.69. The fourth-order valence-electron chi connectivity index (χ4n) is 4.71. The molecule has 2 aliphatic heterocycles. The molecule has 2 fully saturated rings. The average Bonchev–Trinajstić information content (AvgIpc) is 2.72. The molecule has 2 unspecified atom stereocenters. The van der Waals surface area contributed by atoms with E-state index in [0.717, 1.165) is 24.8 Å². The zero-order valence-corrected chi connectivity index (χ0v) is 16.5. The zero-order chi connectivity index (χ0) is 20.4. The minimum atomic E-state index is -1.12. The third-order valence-corrected chi connectivity index (χ3v) is 6.11. The Kier molecular flexibility index (Phi) is 5.46. The zero-order valence-electron chi connectivity index (χ0n) is 16.5. The van der Waals surface area contributed by atoms with Crippen molar-refractivity contribution in [3.63, 3.8) is 0 Å². The Bertz CT molecular complexity index is 858. The van der Waals surface area contributed by atoms with E-state index < -0.39 is 11.4 Å². The molecule has 2 aromatic rings. The second-order valence-corrected chi connectivity index (χ2v) is 7.98. The Hall–Kier alpha value is -2.60. The van der Waals surface area contributed by atoms with Crippen molar-refractivity contribution >= 4 is 6.09 Å². The maximum absolute atomic E-state index is 13.8. The van der Waals surface area contributed by atoms with Gasteiger partial charge in [-0.05, 0) is 42.5 Å². The lowest BCUT2D eigenvalue weighted by molar-refractivity contribution is -0.0897. The molecule has 5 nitrogen and oxygen atoms in total. The molecule has 0 aromatic heterocycles. The van der Waals surface area contributed by atoms with Crippen LogP contribution in [0.4, 0.5) is 9.18 Å². The number of hydrogen-bond acceptors (Lipinski definition) is 4. The van der Waals surface area contributed by atoms with Crippen molar-refractivity contribution in [2.45, 2.75) is 56.4 Å². The summed E-state index contributed by atoms with van der Waals surface area (Å²) in [5.74, 6) is -0.340. The van der Waals surface area contributed by atoms with E-state index in [0.29, 0.717) is 18.4 Å². The van der Waals surface area contributed by atoms with Crippen LogP contribution in [0.2, 0.25) is 0 Å². The Morgan fingerprint density at radius 1 is 1.17 bits per heavy atom. The van der Waals surface area contributed by atoms with Crippen molar-refractivity contribution in [3.8, 4) is 5.75 Å². The van der Waals surface area contributed by atoms with Gasteiger partial charge < -0.3 is 19.5 Å². The minimum Gasteiger partial charge on any atom is -0.494 e. The molecule has 2 aromatic carbocycles. The highest BCUT2D eigenvalue weighted by atomic mass is 19.1. The molecule has 6 heteroatoms. The summed E-state index contributed by atoms with van der Waals surface area (Å²) in [6.45, 7) is 0.231. The fraction of sp³-hybridized carbons (Fsp3) is 0.435. The molecule has 2 saturated heterocycles. The van der Waals surface area contributed by atoms with E-state index in [1.807, 2.05) is 35.2 Å². The summed E-state index contributed by atoms with van der Waals surface area (Å²) < 4.78 is 24.5. The van der Waals surface area contributed by atoms with E-state index in [1.165, 1.54) is 13.2 Å². The van der Waals surface area contributed by atoms with E-state index in [-0.39, 0.29) is 30.5 Å². The van der Waals surface area contributed by atoms with Crippen LogP contribution in [-0.4, -0.2) is 35.3 Å². The Morgan fingerprint density at radius 3 is 2.52 bits per heavy atom. The molecule has 2 bridgehead atoms. The van der Waals surface area contributed by atoms with Gasteiger partial charge in [0.1, 0.15) is 6.61 Å². The van der Waals surface area contributed by atoms with E-state index in [4.69, 9.17) is 9.47 Å². The van der Waals surface area contributed by atoms with Crippen molar-refractivity contribution < 1.29 is 23.8 Å². The number of benzene rings is 2. The van der Waals surface area contributed by atoms with Gasteiger partial charge in [0.15, 0.2) is 11.6 Å². The summed E-state index contributed by atoms with van der Waals surface area (Å²) in [6.07, 6.45) is 3.12. The Labute approximate surface area is 170 Å². The Balaban J connectivity index is 1.50. The van der Waals surface area contributed by atoms with Gasteiger partial charge in [-0.15, -0.1) is 0 Å². The third kappa shape index (κ3) is 3.94. The molecular weight excluding hydrogens is 373 g/mol. The van der Waals surface area contributed by atoms with Gasteiger partial charge in [0.25, 0.3) is 0 Å². The molecule has 29 heavy (non-hydrogen) atoms. The number of nitrogens with zero attached hydrogens (tertiary/aromatic N) is 1. The first kappa shape index (κ1) is 19.7. The van der Waals surface area contributed by atoms with Crippen molar-refractivity contribution in [2.75, 3.05) is 7.11 Å². The van der Waals surface area contributed by atoms with Gasteiger partial charge in [-0.2, -0.15) is 0 Å². The summed E-state index contributed by atoms with van der Waals surface area (Å²) in [4.78, 5) is 14.6. The number of carbonyl (C=O) groups is 1. The van der Waals surface area contributed by atoms with Gasteiger partial charge in [0.2, 0.25) is 0 Å². The van der Waals surface area contributed by atoms with Crippen molar-refractivity contribution in [1.29, 1.82) is 0 Å². The van der Waals surface area contributed by atoms with Gasteiger partial charge in [-0.25, -0.2) is 9.18 Å². The first-order valence-corrected chi connectivity index (χ1v) is 10.1. The lowest BCUT2D eigenvalue weighted by atomic mass is 9.72. The molecular formula is C23H26FNO4. The first-order valence-electron chi connectivity index (χ1n) is 10.1. The third-order valence-electron chi connectivity index (χ3n) is 6.11. The summed E-state index contributed by atoms with van der Waals surface area (Å²) in [7, 11) is 1.41. The van der Waals surface area contributed by atoms with Crippen LogP contribution in [-0.2, 0) is 16.9 Å². The number of piperidine rings is 2. The number of carbonyl (C=O) groups excluding carboxylic acids is 1. The summed E-state index contributed by atoms with van der Waals surface area (Å²) in [6, 6.07) is 13.9. The summed E-state index contributed by atoms with van der Waals surface area (Å²) in [5, 5.41) is 11.4. The van der Waals surface area contributed by atoms with Crippen LogP contribution in [0.15, 0.2) is 48.5 Å². The topological polar surface area (TPSA) is 59.0 Å². The molecule has 0 radical (unpaired) electrons. The fourth-order valence-corrected chi connectivity index (χ4v) is 4.71.